The summed E-state index contributed by atoms with van der Waals surface area (Å²) in [7, 11) is 0. The molecule has 0 saturated carbocycles. The SMILES string of the molecule is C=C(C)O/C(=C/CC(C)=O)C(C)C. The lowest BCUT2D eigenvalue weighted by Gasteiger charge is -2.12. The fraction of sp³-hybridized carbons (Fsp3) is 0.545. The smallest absolute Gasteiger partial charge is 0.133 e. The molecule has 0 aliphatic heterocycles. The zero-order valence-electron chi connectivity index (χ0n) is 8.89. The van der Waals surface area contributed by atoms with Crippen molar-refractivity contribution in [3.63, 3.8) is 0 Å². The van der Waals surface area contributed by atoms with Gasteiger partial charge in [-0.1, -0.05) is 20.4 Å². The monoisotopic (exact) mass is 182 g/mol. The van der Waals surface area contributed by atoms with Crippen molar-refractivity contribution in [2.45, 2.75) is 34.1 Å². The minimum Gasteiger partial charge on any atom is -0.467 e. The summed E-state index contributed by atoms with van der Waals surface area (Å²) in [6.07, 6.45) is 2.25. The maximum Gasteiger partial charge on any atom is 0.133 e. The van der Waals surface area contributed by atoms with Gasteiger partial charge in [0.2, 0.25) is 0 Å². The Bertz CT molecular complexity index is 224. The molecule has 0 aliphatic carbocycles. The van der Waals surface area contributed by atoms with Gasteiger partial charge in [0, 0.05) is 12.3 Å². The summed E-state index contributed by atoms with van der Waals surface area (Å²) < 4.78 is 5.38. The highest BCUT2D eigenvalue weighted by atomic mass is 16.5. The van der Waals surface area contributed by atoms with Gasteiger partial charge in [-0.15, -0.1) is 0 Å². The van der Waals surface area contributed by atoms with E-state index in [2.05, 4.69) is 6.58 Å². The number of hydrogen-bond donors (Lipinski definition) is 0. The van der Waals surface area contributed by atoms with E-state index in [9.17, 15) is 4.79 Å². The Balaban J connectivity index is 4.32. The van der Waals surface area contributed by atoms with Gasteiger partial charge < -0.3 is 4.74 Å². The first-order valence-corrected chi connectivity index (χ1v) is 4.46. The molecule has 0 N–H and O–H groups in total. The lowest BCUT2D eigenvalue weighted by Crippen LogP contribution is -1.99. The minimum atomic E-state index is 0.142. The molecular formula is C11H18O2. The molecule has 0 aliphatic rings. The van der Waals surface area contributed by atoms with Crippen LogP contribution >= 0.6 is 0 Å². The highest BCUT2D eigenvalue weighted by molar-refractivity contribution is 5.77. The maximum absolute atomic E-state index is 10.7. The number of allylic oxidation sites excluding steroid dienone is 3. The number of Topliss-reactive ketones (excluding diaryl/α,β-unsaturated/α-hetero) is 1. The Morgan fingerprint density at radius 1 is 1.46 bits per heavy atom. The van der Waals surface area contributed by atoms with Gasteiger partial charge >= 0.3 is 0 Å². The van der Waals surface area contributed by atoms with Gasteiger partial charge in [-0.2, -0.15) is 0 Å². The topological polar surface area (TPSA) is 26.3 Å². The standard InChI is InChI=1S/C11H18O2/c1-8(2)11(13-9(3)4)7-6-10(5)12/h7-8H,3,6H2,1-2,4-5H3/b11-7+. The Labute approximate surface area is 80.3 Å². The fourth-order valence-corrected chi connectivity index (χ4v) is 0.841. The van der Waals surface area contributed by atoms with Gasteiger partial charge in [0.15, 0.2) is 0 Å². The van der Waals surface area contributed by atoms with Crippen LogP contribution in [0.2, 0.25) is 0 Å². The molecule has 0 heterocycles. The number of carbonyl (C=O) groups excluding carboxylic acids is 1. The molecule has 0 aromatic heterocycles. The third kappa shape index (κ3) is 6.14. The predicted octanol–water partition coefficient (Wildman–Crippen LogP) is 3.06. The van der Waals surface area contributed by atoms with Gasteiger partial charge in [0.25, 0.3) is 0 Å². The summed E-state index contributed by atoms with van der Waals surface area (Å²) in [5, 5.41) is 0. The molecule has 0 rings (SSSR count). The summed E-state index contributed by atoms with van der Waals surface area (Å²) in [6, 6.07) is 0. The summed E-state index contributed by atoms with van der Waals surface area (Å²) in [4.78, 5) is 10.7. The molecule has 74 valence electrons. The second kappa shape index (κ2) is 5.57. The zero-order valence-corrected chi connectivity index (χ0v) is 8.89. The molecule has 0 unspecified atom stereocenters. The van der Waals surface area contributed by atoms with E-state index in [0.717, 1.165) is 5.76 Å². The predicted molar refractivity (Wildman–Crippen MR) is 54.1 cm³/mol. The van der Waals surface area contributed by atoms with E-state index in [1.165, 1.54) is 0 Å². The van der Waals surface area contributed by atoms with Gasteiger partial charge in [-0.05, 0) is 19.9 Å². The number of ketones is 1. The van der Waals surface area contributed by atoms with Crippen LogP contribution in [0.4, 0.5) is 0 Å². The lowest BCUT2D eigenvalue weighted by molar-refractivity contribution is -0.116. The van der Waals surface area contributed by atoms with Gasteiger partial charge in [-0.3, -0.25) is 4.79 Å². The van der Waals surface area contributed by atoms with E-state index in [4.69, 9.17) is 4.74 Å². The zero-order chi connectivity index (χ0) is 10.4. The van der Waals surface area contributed by atoms with Gasteiger partial charge in [0.05, 0.1) is 5.76 Å². The first-order valence-electron chi connectivity index (χ1n) is 4.46. The van der Waals surface area contributed by atoms with Crippen LogP contribution in [0.5, 0.6) is 0 Å². The summed E-state index contributed by atoms with van der Waals surface area (Å²) in [6.45, 7) is 11.1. The van der Waals surface area contributed by atoms with Crippen LogP contribution in [0.25, 0.3) is 0 Å². The van der Waals surface area contributed by atoms with Crippen molar-refractivity contribution in [3.05, 3.63) is 24.2 Å². The molecule has 0 saturated heterocycles. The van der Waals surface area contributed by atoms with E-state index in [1.54, 1.807) is 13.8 Å². The van der Waals surface area contributed by atoms with E-state index in [1.807, 2.05) is 19.9 Å². The highest BCUT2D eigenvalue weighted by Crippen LogP contribution is 2.15. The number of hydrogen-bond acceptors (Lipinski definition) is 2. The Morgan fingerprint density at radius 3 is 2.31 bits per heavy atom. The van der Waals surface area contributed by atoms with Crippen molar-refractivity contribution in [1.29, 1.82) is 0 Å². The summed E-state index contributed by atoms with van der Waals surface area (Å²) in [5.74, 6) is 1.91. The second-order valence-corrected chi connectivity index (χ2v) is 3.47. The minimum absolute atomic E-state index is 0.142. The van der Waals surface area contributed by atoms with Crippen molar-refractivity contribution in [3.8, 4) is 0 Å². The first kappa shape index (κ1) is 11.9. The molecule has 0 aromatic carbocycles. The molecule has 2 nitrogen and oxygen atoms in total. The fourth-order valence-electron chi connectivity index (χ4n) is 0.841. The normalized spacial score (nSPS) is 11.6. The van der Waals surface area contributed by atoms with Crippen molar-refractivity contribution in [1.82, 2.24) is 0 Å². The highest BCUT2D eigenvalue weighted by Gasteiger charge is 2.04. The molecule has 0 fully saturated rings. The van der Waals surface area contributed by atoms with Crippen molar-refractivity contribution < 1.29 is 9.53 Å². The molecule has 2 heteroatoms. The third-order valence-corrected chi connectivity index (χ3v) is 1.45. The molecular weight excluding hydrogens is 164 g/mol. The van der Waals surface area contributed by atoms with Crippen LogP contribution in [0.1, 0.15) is 34.1 Å². The van der Waals surface area contributed by atoms with E-state index >= 15 is 0 Å². The van der Waals surface area contributed by atoms with Crippen molar-refractivity contribution in [2.24, 2.45) is 5.92 Å². The first-order chi connectivity index (χ1) is 5.93. The van der Waals surface area contributed by atoms with Crippen LogP contribution in [0, 0.1) is 5.92 Å². The molecule has 0 radical (unpaired) electrons. The second-order valence-electron chi connectivity index (χ2n) is 3.47. The number of rotatable bonds is 5. The largest absolute Gasteiger partial charge is 0.467 e. The average molecular weight is 182 g/mol. The summed E-state index contributed by atoms with van der Waals surface area (Å²) in [5.41, 5.74) is 0. The molecule has 13 heavy (non-hydrogen) atoms. The Hall–Kier alpha value is -1.05. The van der Waals surface area contributed by atoms with E-state index in [0.29, 0.717) is 12.2 Å². The van der Waals surface area contributed by atoms with Crippen LogP contribution < -0.4 is 0 Å². The van der Waals surface area contributed by atoms with Crippen LogP contribution in [-0.2, 0) is 9.53 Å². The quantitative estimate of drug-likeness (QED) is 0.611. The lowest BCUT2D eigenvalue weighted by atomic mass is 10.1. The van der Waals surface area contributed by atoms with Crippen molar-refractivity contribution >= 4 is 5.78 Å². The van der Waals surface area contributed by atoms with Crippen LogP contribution in [0.3, 0.4) is 0 Å². The number of ether oxygens (including phenoxy) is 1. The summed E-state index contributed by atoms with van der Waals surface area (Å²) >= 11 is 0. The van der Waals surface area contributed by atoms with Gasteiger partial charge in [-0.25, -0.2) is 0 Å². The molecule has 0 aromatic rings. The van der Waals surface area contributed by atoms with E-state index < -0.39 is 0 Å². The molecule has 0 bridgehead atoms. The Kier molecular flexibility index (Phi) is 5.12. The maximum atomic E-state index is 10.7. The van der Waals surface area contributed by atoms with Gasteiger partial charge in [0.1, 0.15) is 11.5 Å². The average Bonchev–Trinajstić information content (AvgIpc) is 1.96. The van der Waals surface area contributed by atoms with Crippen LogP contribution in [0.15, 0.2) is 24.2 Å². The van der Waals surface area contributed by atoms with Crippen LogP contribution in [-0.4, -0.2) is 5.78 Å². The molecule has 0 atom stereocenters. The molecule has 0 spiro atoms. The molecule has 0 amide bonds. The third-order valence-electron chi connectivity index (χ3n) is 1.45. The number of carbonyl (C=O) groups is 1. The Morgan fingerprint density at radius 2 is 2.00 bits per heavy atom. The van der Waals surface area contributed by atoms with E-state index in [-0.39, 0.29) is 11.7 Å². The van der Waals surface area contributed by atoms with Crippen molar-refractivity contribution in [2.75, 3.05) is 0 Å².